The number of hydrogen-bond donors (Lipinski definition) is 0. The van der Waals surface area contributed by atoms with Crippen LogP contribution in [0.25, 0.3) is 10.2 Å². The van der Waals surface area contributed by atoms with Gasteiger partial charge in [-0.05, 0) is 55.8 Å². The van der Waals surface area contributed by atoms with E-state index in [2.05, 4.69) is 4.99 Å². The summed E-state index contributed by atoms with van der Waals surface area (Å²) in [6, 6.07) is 11.0. The second-order valence-electron chi connectivity index (χ2n) is 7.47. The predicted molar refractivity (Wildman–Crippen MR) is 128 cm³/mol. The molecule has 1 aromatic heterocycles. The zero-order valence-electron chi connectivity index (χ0n) is 19.1. The molecule has 0 aliphatic heterocycles. The summed E-state index contributed by atoms with van der Waals surface area (Å²) in [4.78, 5) is 29.5. The Kier molecular flexibility index (Phi) is 7.83. The number of nitrogens with zero attached hydrogens (tertiary/aromatic N) is 3. The predicted octanol–water partition coefficient (Wildman–Crippen LogP) is 3.58. The molecule has 0 fully saturated rings. The number of carbonyl (C=O) groups excluding carboxylic acids is 2. The quantitative estimate of drug-likeness (QED) is 0.451. The Morgan fingerprint density at radius 2 is 1.76 bits per heavy atom. The van der Waals surface area contributed by atoms with Gasteiger partial charge in [0, 0.05) is 26.2 Å². The first-order valence-corrected chi connectivity index (χ1v) is 12.9. The van der Waals surface area contributed by atoms with E-state index in [1.807, 2.05) is 6.92 Å². The number of thiazole rings is 1. The minimum Gasteiger partial charge on any atom is -0.462 e. The summed E-state index contributed by atoms with van der Waals surface area (Å²) < 4.78 is 34.2. The van der Waals surface area contributed by atoms with Crippen LogP contribution in [0.15, 0.2) is 52.4 Å². The summed E-state index contributed by atoms with van der Waals surface area (Å²) in [6.07, 6.45) is 1.67. The number of rotatable bonds is 8. The van der Waals surface area contributed by atoms with Crippen molar-refractivity contribution in [1.29, 1.82) is 0 Å². The van der Waals surface area contributed by atoms with Crippen LogP contribution >= 0.6 is 11.3 Å². The zero-order chi connectivity index (χ0) is 24.2. The smallest absolute Gasteiger partial charge is 0.338 e. The summed E-state index contributed by atoms with van der Waals surface area (Å²) in [6.45, 7) is 4.48. The topological polar surface area (TPSA) is 98.0 Å². The van der Waals surface area contributed by atoms with Crippen molar-refractivity contribution in [2.45, 2.75) is 31.6 Å². The van der Waals surface area contributed by atoms with E-state index in [0.717, 1.165) is 23.1 Å². The van der Waals surface area contributed by atoms with E-state index >= 15 is 0 Å². The van der Waals surface area contributed by atoms with Crippen LogP contribution in [0.3, 0.4) is 0 Å². The molecule has 0 atom stereocenters. The largest absolute Gasteiger partial charge is 0.462 e. The van der Waals surface area contributed by atoms with Crippen molar-refractivity contribution < 1.29 is 22.7 Å². The van der Waals surface area contributed by atoms with Gasteiger partial charge in [0.2, 0.25) is 10.0 Å². The lowest BCUT2D eigenvalue weighted by Gasteiger charge is -2.16. The summed E-state index contributed by atoms with van der Waals surface area (Å²) in [5.74, 6) is -0.883. The molecule has 0 radical (unpaired) electrons. The fraction of sp³-hybridized carbons (Fsp3) is 0.348. The van der Waals surface area contributed by atoms with Gasteiger partial charge < -0.3 is 9.30 Å². The Morgan fingerprint density at radius 1 is 1.09 bits per heavy atom. The molecule has 0 aliphatic carbocycles. The van der Waals surface area contributed by atoms with Gasteiger partial charge in [-0.2, -0.15) is 4.99 Å². The van der Waals surface area contributed by atoms with Gasteiger partial charge in [-0.15, -0.1) is 0 Å². The number of sulfonamides is 1. The third-order valence-corrected chi connectivity index (χ3v) is 8.12. The molecule has 0 aliphatic rings. The number of amides is 1. The normalized spacial score (nSPS) is 12.5. The number of hydrogen-bond acceptors (Lipinski definition) is 6. The zero-order valence-corrected chi connectivity index (χ0v) is 20.7. The minimum atomic E-state index is -3.60. The van der Waals surface area contributed by atoms with E-state index in [1.165, 1.54) is 39.9 Å². The SMILES string of the molecule is CCCCN(C)S(=O)(=O)c1ccc(C(=O)N=c2sc3cc(C(=O)OCC)ccc3n2C)cc1. The lowest BCUT2D eigenvalue weighted by molar-refractivity contribution is 0.0526. The Bertz CT molecular complexity index is 1340. The molecule has 8 nitrogen and oxygen atoms in total. The maximum absolute atomic E-state index is 12.7. The number of ether oxygens (including phenoxy) is 1. The number of unbranched alkanes of at least 4 members (excludes halogenated alkanes) is 1. The monoisotopic (exact) mass is 489 g/mol. The maximum atomic E-state index is 12.7. The van der Waals surface area contributed by atoms with E-state index in [-0.39, 0.29) is 10.5 Å². The van der Waals surface area contributed by atoms with Gasteiger partial charge in [0.1, 0.15) is 0 Å². The minimum absolute atomic E-state index is 0.136. The number of esters is 1. The van der Waals surface area contributed by atoms with Crippen molar-refractivity contribution in [1.82, 2.24) is 8.87 Å². The molecule has 0 N–H and O–H groups in total. The molecule has 0 spiro atoms. The molecular weight excluding hydrogens is 462 g/mol. The lowest BCUT2D eigenvalue weighted by atomic mass is 10.2. The van der Waals surface area contributed by atoms with Crippen LogP contribution < -0.4 is 4.80 Å². The van der Waals surface area contributed by atoms with Crippen molar-refractivity contribution in [3.8, 4) is 0 Å². The molecule has 0 saturated carbocycles. The second-order valence-corrected chi connectivity index (χ2v) is 10.5. The van der Waals surface area contributed by atoms with Gasteiger partial charge >= 0.3 is 5.97 Å². The van der Waals surface area contributed by atoms with Crippen molar-refractivity contribution in [3.05, 3.63) is 58.4 Å². The number of fused-ring (bicyclic) bond motifs is 1. The highest BCUT2D eigenvalue weighted by molar-refractivity contribution is 7.89. The van der Waals surface area contributed by atoms with Gasteiger partial charge in [0.05, 0.1) is 27.3 Å². The van der Waals surface area contributed by atoms with Gasteiger partial charge in [0.25, 0.3) is 5.91 Å². The molecule has 10 heteroatoms. The molecule has 2 aromatic carbocycles. The second kappa shape index (κ2) is 10.4. The highest BCUT2D eigenvalue weighted by Gasteiger charge is 2.20. The van der Waals surface area contributed by atoms with Crippen LogP contribution in [0, 0.1) is 0 Å². The summed E-state index contributed by atoms with van der Waals surface area (Å²) in [7, 11) is -0.262. The molecular formula is C23H27N3O5S2. The van der Waals surface area contributed by atoms with Crippen LogP contribution in [0.2, 0.25) is 0 Å². The third-order valence-electron chi connectivity index (χ3n) is 5.15. The molecule has 176 valence electrons. The molecule has 1 amide bonds. The average molecular weight is 490 g/mol. The summed E-state index contributed by atoms with van der Waals surface area (Å²) >= 11 is 1.28. The van der Waals surface area contributed by atoms with Crippen LogP contribution in [-0.2, 0) is 21.8 Å². The highest BCUT2D eigenvalue weighted by Crippen LogP contribution is 2.20. The van der Waals surface area contributed by atoms with Crippen molar-refractivity contribution in [2.24, 2.45) is 12.0 Å². The first kappa shape index (κ1) is 24.8. The summed E-state index contributed by atoms with van der Waals surface area (Å²) in [5.41, 5.74) is 1.55. The fourth-order valence-electron chi connectivity index (χ4n) is 3.18. The number of aromatic nitrogens is 1. The van der Waals surface area contributed by atoms with Gasteiger partial charge in [-0.25, -0.2) is 17.5 Å². The molecule has 33 heavy (non-hydrogen) atoms. The van der Waals surface area contributed by atoms with Gasteiger partial charge in [-0.1, -0.05) is 24.7 Å². The van der Waals surface area contributed by atoms with Crippen molar-refractivity contribution >= 4 is 43.5 Å². The highest BCUT2D eigenvalue weighted by atomic mass is 32.2. The Morgan fingerprint density at radius 3 is 2.39 bits per heavy atom. The molecule has 1 heterocycles. The van der Waals surface area contributed by atoms with E-state index < -0.39 is 21.9 Å². The number of aryl methyl sites for hydroxylation is 1. The van der Waals surface area contributed by atoms with Crippen LogP contribution in [0.4, 0.5) is 0 Å². The molecule has 3 aromatic rings. The number of benzene rings is 2. The van der Waals surface area contributed by atoms with E-state index in [9.17, 15) is 18.0 Å². The summed E-state index contributed by atoms with van der Waals surface area (Å²) in [5, 5.41) is 0. The van der Waals surface area contributed by atoms with E-state index in [0.29, 0.717) is 23.5 Å². The third kappa shape index (κ3) is 5.40. The van der Waals surface area contributed by atoms with Crippen LogP contribution in [0.1, 0.15) is 47.4 Å². The average Bonchev–Trinajstić information content (AvgIpc) is 3.11. The fourth-order valence-corrected chi connectivity index (χ4v) is 5.45. The number of carbonyl (C=O) groups is 2. The van der Waals surface area contributed by atoms with E-state index in [1.54, 1.807) is 43.8 Å². The molecule has 3 rings (SSSR count). The van der Waals surface area contributed by atoms with Crippen LogP contribution in [0.5, 0.6) is 0 Å². The Balaban J connectivity index is 1.87. The Hall–Kier alpha value is -2.82. The lowest BCUT2D eigenvalue weighted by Crippen LogP contribution is -2.27. The van der Waals surface area contributed by atoms with Crippen LogP contribution in [-0.4, -0.2) is 49.4 Å². The standard InChI is InChI=1S/C23H27N3O5S2/c1-5-7-14-25(3)33(29,30)18-11-8-16(9-12-18)21(27)24-23-26(4)19-13-10-17(15-20(19)32-23)22(28)31-6-2/h8-13,15H,5-7,14H2,1-4H3. The Labute approximate surface area is 197 Å². The maximum Gasteiger partial charge on any atom is 0.338 e. The van der Waals surface area contributed by atoms with E-state index in [4.69, 9.17) is 4.74 Å². The molecule has 0 saturated heterocycles. The van der Waals surface area contributed by atoms with Gasteiger partial charge in [-0.3, -0.25) is 4.79 Å². The van der Waals surface area contributed by atoms with Gasteiger partial charge in [0.15, 0.2) is 4.80 Å². The molecule has 0 bridgehead atoms. The first-order valence-electron chi connectivity index (χ1n) is 10.6. The molecule has 0 unspecified atom stereocenters. The van der Waals surface area contributed by atoms with Crippen molar-refractivity contribution in [3.63, 3.8) is 0 Å². The van der Waals surface area contributed by atoms with Crippen molar-refractivity contribution in [2.75, 3.05) is 20.2 Å². The first-order chi connectivity index (χ1) is 15.7.